The first-order valence-electron chi connectivity index (χ1n) is 5.05. The van der Waals surface area contributed by atoms with Crippen LogP contribution in [0, 0.1) is 0 Å². The average Bonchev–Trinajstić information content (AvgIpc) is 2.71. The number of aromatic nitrogens is 3. The van der Waals surface area contributed by atoms with Crippen molar-refractivity contribution in [3.63, 3.8) is 0 Å². The molecule has 18 heavy (non-hydrogen) atoms. The minimum absolute atomic E-state index is 0.00620. The molecule has 0 aliphatic rings. The second kappa shape index (κ2) is 4.28. The van der Waals surface area contributed by atoms with Crippen LogP contribution in [0.25, 0.3) is 5.65 Å². The third-order valence-electron chi connectivity index (χ3n) is 2.36. The Morgan fingerprint density at radius 3 is 2.89 bits per heavy atom. The van der Waals surface area contributed by atoms with Gasteiger partial charge in [-0.3, -0.25) is 4.79 Å². The van der Waals surface area contributed by atoms with E-state index in [0.717, 1.165) is 6.92 Å². The lowest BCUT2D eigenvalue weighted by atomic mass is 10.2. The Hall–Kier alpha value is -2.12. The SMILES string of the molecule is C[C@H](NC(=O)c1cnn2cccnc12)C(F)(F)F. The van der Waals surface area contributed by atoms with Gasteiger partial charge in [0.05, 0.1) is 6.20 Å². The monoisotopic (exact) mass is 258 g/mol. The highest BCUT2D eigenvalue weighted by Crippen LogP contribution is 2.20. The third kappa shape index (κ3) is 2.27. The van der Waals surface area contributed by atoms with Crippen LogP contribution in [0.1, 0.15) is 17.3 Å². The molecule has 0 aliphatic carbocycles. The van der Waals surface area contributed by atoms with E-state index in [2.05, 4.69) is 10.1 Å². The van der Waals surface area contributed by atoms with E-state index < -0.39 is 18.1 Å². The second-order valence-corrected chi connectivity index (χ2v) is 3.68. The fraction of sp³-hybridized carbons (Fsp3) is 0.300. The first-order valence-corrected chi connectivity index (χ1v) is 5.05. The predicted molar refractivity (Wildman–Crippen MR) is 56.0 cm³/mol. The van der Waals surface area contributed by atoms with E-state index in [4.69, 9.17) is 0 Å². The van der Waals surface area contributed by atoms with Crippen molar-refractivity contribution in [1.82, 2.24) is 19.9 Å². The van der Waals surface area contributed by atoms with Crippen molar-refractivity contribution < 1.29 is 18.0 Å². The summed E-state index contributed by atoms with van der Waals surface area (Å²) in [5.41, 5.74) is 0.219. The van der Waals surface area contributed by atoms with Crippen LogP contribution in [0.3, 0.4) is 0 Å². The van der Waals surface area contributed by atoms with Crippen molar-refractivity contribution in [2.45, 2.75) is 19.1 Å². The normalized spacial score (nSPS) is 13.6. The fourth-order valence-electron chi connectivity index (χ4n) is 1.34. The van der Waals surface area contributed by atoms with E-state index in [1.807, 2.05) is 5.32 Å². The molecule has 0 fully saturated rings. The zero-order chi connectivity index (χ0) is 13.3. The van der Waals surface area contributed by atoms with Gasteiger partial charge >= 0.3 is 6.18 Å². The van der Waals surface area contributed by atoms with E-state index >= 15 is 0 Å². The Labute approximate surface area is 99.6 Å². The van der Waals surface area contributed by atoms with Crippen molar-refractivity contribution in [2.24, 2.45) is 0 Å². The molecule has 1 amide bonds. The molecule has 96 valence electrons. The topological polar surface area (TPSA) is 59.3 Å². The second-order valence-electron chi connectivity index (χ2n) is 3.68. The minimum atomic E-state index is -4.48. The van der Waals surface area contributed by atoms with Gasteiger partial charge < -0.3 is 5.32 Å². The van der Waals surface area contributed by atoms with E-state index in [1.165, 1.54) is 16.9 Å². The Morgan fingerprint density at radius 1 is 1.50 bits per heavy atom. The Balaban J connectivity index is 2.24. The lowest BCUT2D eigenvalue weighted by molar-refractivity contribution is -0.149. The summed E-state index contributed by atoms with van der Waals surface area (Å²) in [6, 6.07) is -0.330. The van der Waals surface area contributed by atoms with Crippen LogP contribution in [0.15, 0.2) is 24.7 Å². The highest BCUT2D eigenvalue weighted by Gasteiger charge is 2.37. The number of nitrogens with one attached hydrogen (secondary N) is 1. The Morgan fingerprint density at radius 2 is 2.22 bits per heavy atom. The smallest absolute Gasteiger partial charge is 0.340 e. The summed E-state index contributed by atoms with van der Waals surface area (Å²) in [6.07, 6.45) is -0.319. The van der Waals surface area contributed by atoms with Crippen molar-refractivity contribution in [3.8, 4) is 0 Å². The summed E-state index contributed by atoms with van der Waals surface area (Å²) in [6.45, 7) is 0.872. The number of rotatable bonds is 2. The molecule has 2 aromatic rings. The minimum Gasteiger partial charge on any atom is -0.340 e. The number of hydrogen-bond donors (Lipinski definition) is 1. The number of amides is 1. The number of nitrogens with zero attached hydrogens (tertiary/aromatic N) is 3. The quantitative estimate of drug-likeness (QED) is 0.886. The molecule has 0 aliphatic heterocycles. The molecule has 8 heteroatoms. The number of carbonyl (C=O) groups is 1. The van der Waals surface area contributed by atoms with Gasteiger partial charge in [0.1, 0.15) is 11.6 Å². The van der Waals surface area contributed by atoms with Crippen molar-refractivity contribution >= 4 is 11.6 Å². The molecular formula is C10H9F3N4O. The van der Waals surface area contributed by atoms with Crippen LogP contribution in [-0.2, 0) is 0 Å². The zero-order valence-corrected chi connectivity index (χ0v) is 9.27. The third-order valence-corrected chi connectivity index (χ3v) is 2.36. The van der Waals surface area contributed by atoms with Crippen LogP contribution in [0.2, 0.25) is 0 Å². The van der Waals surface area contributed by atoms with Crippen LogP contribution >= 0.6 is 0 Å². The molecule has 2 aromatic heterocycles. The van der Waals surface area contributed by atoms with E-state index in [-0.39, 0.29) is 11.2 Å². The average molecular weight is 258 g/mol. The van der Waals surface area contributed by atoms with Gasteiger partial charge in [0.15, 0.2) is 5.65 Å². The number of alkyl halides is 3. The van der Waals surface area contributed by atoms with Gasteiger partial charge in [0.2, 0.25) is 0 Å². The van der Waals surface area contributed by atoms with E-state index in [9.17, 15) is 18.0 Å². The standard InChI is InChI=1S/C10H9F3N4O/c1-6(10(11,12)13)16-9(18)7-5-15-17-4-2-3-14-8(7)17/h2-6H,1H3,(H,16,18)/t6-/m0/s1. The number of fused-ring (bicyclic) bond motifs is 1. The van der Waals surface area contributed by atoms with E-state index in [1.54, 1.807) is 12.3 Å². The molecule has 0 aromatic carbocycles. The first-order chi connectivity index (χ1) is 8.39. The maximum atomic E-state index is 12.3. The molecule has 0 saturated carbocycles. The molecule has 5 nitrogen and oxygen atoms in total. The van der Waals surface area contributed by atoms with Gasteiger partial charge in [0, 0.05) is 12.4 Å². The summed E-state index contributed by atoms with van der Waals surface area (Å²) in [7, 11) is 0. The maximum Gasteiger partial charge on any atom is 0.408 e. The highest BCUT2D eigenvalue weighted by molar-refractivity contribution is 5.99. The van der Waals surface area contributed by atoms with Gasteiger partial charge in [-0.1, -0.05) is 0 Å². The van der Waals surface area contributed by atoms with Crippen LogP contribution in [0.4, 0.5) is 13.2 Å². The molecule has 0 radical (unpaired) electrons. The molecule has 0 spiro atoms. The molecule has 1 N–H and O–H groups in total. The van der Waals surface area contributed by atoms with Gasteiger partial charge in [-0.15, -0.1) is 0 Å². The summed E-state index contributed by atoms with van der Waals surface area (Å²) >= 11 is 0. The van der Waals surface area contributed by atoms with Gasteiger partial charge in [-0.2, -0.15) is 18.3 Å². The maximum absolute atomic E-state index is 12.3. The van der Waals surface area contributed by atoms with Gasteiger partial charge in [-0.25, -0.2) is 9.50 Å². The molecule has 2 heterocycles. The zero-order valence-electron chi connectivity index (χ0n) is 9.27. The predicted octanol–water partition coefficient (Wildman–Crippen LogP) is 1.41. The molecule has 0 unspecified atom stereocenters. The molecule has 1 atom stereocenters. The summed E-state index contributed by atoms with van der Waals surface area (Å²) < 4.78 is 38.3. The summed E-state index contributed by atoms with van der Waals surface area (Å²) in [4.78, 5) is 15.6. The number of halogens is 3. The molecule has 2 rings (SSSR count). The Kier molecular flexibility index (Phi) is 2.93. The molecule has 0 saturated heterocycles. The number of hydrogen-bond acceptors (Lipinski definition) is 3. The van der Waals surface area contributed by atoms with Gasteiger partial charge in [0.25, 0.3) is 5.91 Å². The first kappa shape index (κ1) is 12.3. The number of carbonyl (C=O) groups excluding carboxylic acids is 1. The highest BCUT2D eigenvalue weighted by atomic mass is 19.4. The van der Waals surface area contributed by atoms with Crippen molar-refractivity contribution in [2.75, 3.05) is 0 Å². The van der Waals surface area contributed by atoms with Crippen molar-refractivity contribution in [3.05, 3.63) is 30.2 Å². The lowest BCUT2D eigenvalue weighted by Crippen LogP contribution is -2.43. The molecular weight excluding hydrogens is 249 g/mol. The van der Waals surface area contributed by atoms with Crippen LogP contribution < -0.4 is 5.32 Å². The summed E-state index contributed by atoms with van der Waals surface area (Å²) in [5.74, 6) is -0.853. The fourth-order valence-corrected chi connectivity index (χ4v) is 1.34. The molecule has 0 bridgehead atoms. The Bertz CT molecular complexity index is 578. The van der Waals surface area contributed by atoms with Gasteiger partial charge in [-0.05, 0) is 13.0 Å². The van der Waals surface area contributed by atoms with E-state index in [0.29, 0.717) is 0 Å². The lowest BCUT2D eigenvalue weighted by Gasteiger charge is -2.16. The van der Waals surface area contributed by atoms with Crippen LogP contribution in [-0.4, -0.2) is 32.7 Å². The summed E-state index contributed by atoms with van der Waals surface area (Å²) in [5, 5.41) is 5.68. The van der Waals surface area contributed by atoms with Crippen LogP contribution in [0.5, 0.6) is 0 Å². The van der Waals surface area contributed by atoms with Crippen molar-refractivity contribution in [1.29, 1.82) is 0 Å². The largest absolute Gasteiger partial charge is 0.408 e.